The lowest BCUT2D eigenvalue weighted by atomic mass is 10.2. The highest BCUT2D eigenvalue weighted by Crippen LogP contribution is 2.34. The molecule has 0 aliphatic heterocycles. The molecule has 0 aliphatic rings. The van der Waals surface area contributed by atoms with Crippen LogP contribution >= 0.6 is 22.9 Å². The molecule has 0 saturated heterocycles. The minimum absolute atomic E-state index is 0.0593. The Morgan fingerprint density at radius 2 is 1.90 bits per heavy atom. The molecule has 2 aromatic rings. The highest BCUT2D eigenvalue weighted by atomic mass is 35.5. The number of hydrogen-bond acceptors (Lipinski definition) is 4. The van der Waals surface area contributed by atoms with Crippen molar-refractivity contribution in [2.75, 3.05) is 10.5 Å². The van der Waals surface area contributed by atoms with Crippen molar-refractivity contribution in [3.8, 4) is 0 Å². The largest absolute Gasteiger partial charge is 0.416 e. The van der Waals surface area contributed by atoms with Crippen LogP contribution in [0, 0.1) is 0 Å². The molecule has 4 nitrogen and oxygen atoms in total. The Morgan fingerprint density at radius 3 is 2.38 bits per heavy atom. The summed E-state index contributed by atoms with van der Waals surface area (Å²) in [4.78, 5) is 0. The third kappa shape index (κ3) is 3.60. The van der Waals surface area contributed by atoms with Crippen molar-refractivity contribution in [2.24, 2.45) is 0 Å². The number of halogens is 4. The molecule has 3 N–H and O–H groups in total. The molecule has 0 bridgehead atoms. The van der Waals surface area contributed by atoms with Gasteiger partial charge in [-0.25, -0.2) is 8.42 Å². The van der Waals surface area contributed by atoms with E-state index in [4.69, 9.17) is 17.3 Å². The summed E-state index contributed by atoms with van der Waals surface area (Å²) in [5.41, 5.74) is 4.61. The SMILES string of the molecule is Nc1csc(S(=O)(=O)Nc2ccc(C(F)(F)F)cc2Cl)c1. The maximum absolute atomic E-state index is 12.5. The number of alkyl halides is 3. The normalized spacial score (nSPS) is 12.4. The van der Waals surface area contributed by atoms with Crippen LogP contribution in [-0.4, -0.2) is 8.42 Å². The van der Waals surface area contributed by atoms with E-state index >= 15 is 0 Å². The first-order chi connectivity index (χ1) is 9.59. The van der Waals surface area contributed by atoms with E-state index in [1.54, 1.807) is 0 Å². The summed E-state index contributed by atoms with van der Waals surface area (Å²) in [5.74, 6) is 0. The molecule has 10 heteroatoms. The van der Waals surface area contributed by atoms with Gasteiger partial charge in [0.15, 0.2) is 0 Å². The topological polar surface area (TPSA) is 72.2 Å². The van der Waals surface area contributed by atoms with Crippen LogP contribution in [-0.2, 0) is 16.2 Å². The van der Waals surface area contributed by atoms with E-state index in [0.29, 0.717) is 6.07 Å². The number of nitrogens with one attached hydrogen (secondary N) is 1. The predicted molar refractivity (Wildman–Crippen MR) is 76.0 cm³/mol. The van der Waals surface area contributed by atoms with E-state index in [-0.39, 0.29) is 20.6 Å². The summed E-state index contributed by atoms with van der Waals surface area (Å²) in [6.07, 6.45) is -4.55. The zero-order chi connectivity index (χ0) is 15.8. The first-order valence-electron chi connectivity index (χ1n) is 5.33. The molecular formula is C11H8ClF3N2O2S2. The Kier molecular flexibility index (Phi) is 4.09. The Labute approximate surface area is 127 Å². The van der Waals surface area contributed by atoms with Crippen LogP contribution in [0.1, 0.15) is 5.56 Å². The van der Waals surface area contributed by atoms with Gasteiger partial charge in [-0.2, -0.15) is 13.2 Å². The van der Waals surface area contributed by atoms with Gasteiger partial charge in [0, 0.05) is 11.1 Å². The summed E-state index contributed by atoms with van der Waals surface area (Å²) in [5, 5.41) is 1.08. The number of nitrogen functional groups attached to an aromatic ring is 1. The average molecular weight is 357 g/mol. The number of thiophene rings is 1. The van der Waals surface area contributed by atoms with Crippen molar-refractivity contribution < 1.29 is 21.6 Å². The van der Waals surface area contributed by atoms with E-state index in [1.165, 1.54) is 11.4 Å². The molecule has 1 aromatic heterocycles. The van der Waals surface area contributed by atoms with E-state index in [0.717, 1.165) is 23.5 Å². The number of anilines is 2. The highest BCUT2D eigenvalue weighted by molar-refractivity contribution is 7.94. The monoisotopic (exact) mass is 356 g/mol. The van der Waals surface area contributed by atoms with Crippen molar-refractivity contribution >= 4 is 44.3 Å². The molecule has 114 valence electrons. The van der Waals surface area contributed by atoms with Gasteiger partial charge in [0.2, 0.25) is 0 Å². The van der Waals surface area contributed by atoms with E-state index in [9.17, 15) is 21.6 Å². The molecule has 1 aromatic carbocycles. The quantitative estimate of drug-likeness (QED) is 0.878. The maximum Gasteiger partial charge on any atom is 0.416 e. The van der Waals surface area contributed by atoms with Gasteiger partial charge in [0.1, 0.15) is 4.21 Å². The summed E-state index contributed by atoms with van der Waals surface area (Å²) >= 11 is 6.58. The molecule has 0 radical (unpaired) electrons. The summed E-state index contributed by atoms with van der Waals surface area (Å²) in [6.45, 7) is 0. The summed E-state index contributed by atoms with van der Waals surface area (Å²) < 4.78 is 63.6. The van der Waals surface area contributed by atoms with Crippen molar-refractivity contribution in [2.45, 2.75) is 10.4 Å². The molecule has 0 fully saturated rings. The summed E-state index contributed by atoms with van der Waals surface area (Å²) in [7, 11) is -3.94. The minimum Gasteiger partial charge on any atom is -0.398 e. The lowest BCUT2D eigenvalue weighted by Crippen LogP contribution is -2.12. The zero-order valence-corrected chi connectivity index (χ0v) is 12.5. The summed E-state index contributed by atoms with van der Waals surface area (Å²) in [6, 6.07) is 3.60. The smallest absolute Gasteiger partial charge is 0.398 e. The van der Waals surface area contributed by atoms with Gasteiger partial charge in [0.05, 0.1) is 16.3 Å². The Bertz CT molecular complexity index is 772. The van der Waals surface area contributed by atoms with Crippen LogP contribution < -0.4 is 10.5 Å². The molecular weight excluding hydrogens is 349 g/mol. The molecule has 0 unspecified atom stereocenters. The number of rotatable bonds is 3. The van der Waals surface area contributed by atoms with Gasteiger partial charge in [-0.3, -0.25) is 4.72 Å². The van der Waals surface area contributed by atoms with Gasteiger partial charge in [-0.05, 0) is 24.3 Å². The average Bonchev–Trinajstić information content (AvgIpc) is 2.78. The van der Waals surface area contributed by atoms with Gasteiger partial charge in [-0.15, -0.1) is 11.3 Å². The molecule has 0 atom stereocenters. The van der Waals surface area contributed by atoms with Crippen molar-refractivity contribution in [3.05, 3.63) is 40.2 Å². The van der Waals surface area contributed by atoms with E-state index in [2.05, 4.69) is 4.72 Å². The second-order valence-corrected chi connectivity index (χ2v) is 7.22. The Balaban J connectivity index is 2.32. The number of nitrogens with two attached hydrogens (primary N) is 1. The van der Waals surface area contributed by atoms with Crippen molar-refractivity contribution in [3.63, 3.8) is 0 Å². The molecule has 1 heterocycles. The molecule has 0 spiro atoms. The fourth-order valence-corrected chi connectivity index (χ4v) is 3.88. The fraction of sp³-hybridized carbons (Fsp3) is 0.0909. The van der Waals surface area contributed by atoms with Crippen LogP contribution in [0.5, 0.6) is 0 Å². The maximum atomic E-state index is 12.5. The highest BCUT2D eigenvalue weighted by Gasteiger charge is 2.31. The molecule has 0 aliphatic carbocycles. The minimum atomic E-state index is -4.55. The first-order valence-corrected chi connectivity index (χ1v) is 8.07. The lowest BCUT2D eigenvalue weighted by Gasteiger charge is -2.11. The number of benzene rings is 1. The Morgan fingerprint density at radius 1 is 1.24 bits per heavy atom. The van der Waals surface area contributed by atoms with Crippen molar-refractivity contribution in [1.29, 1.82) is 0 Å². The molecule has 2 rings (SSSR count). The van der Waals surface area contributed by atoms with Crippen LogP contribution in [0.15, 0.2) is 33.9 Å². The standard InChI is InChI=1S/C11H8ClF3N2O2S2/c12-8-3-6(11(13,14)15)1-2-9(8)17-21(18,19)10-4-7(16)5-20-10/h1-5,17H,16H2. The third-order valence-electron chi connectivity index (χ3n) is 2.40. The predicted octanol–water partition coefficient (Wildman–Crippen LogP) is 3.80. The van der Waals surface area contributed by atoms with Gasteiger partial charge in [0.25, 0.3) is 10.0 Å². The number of sulfonamides is 1. The second kappa shape index (κ2) is 5.39. The van der Waals surface area contributed by atoms with Gasteiger partial charge >= 0.3 is 6.18 Å². The van der Waals surface area contributed by atoms with Crippen LogP contribution in [0.4, 0.5) is 24.5 Å². The zero-order valence-electron chi connectivity index (χ0n) is 10.1. The van der Waals surface area contributed by atoms with E-state index in [1.807, 2.05) is 0 Å². The Hall–Kier alpha value is -1.45. The van der Waals surface area contributed by atoms with E-state index < -0.39 is 21.8 Å². The van der Waals surface area contributed by atoms with Gasteiger partial charge < -0.3 is 5.73 Å². The fourth-order valence-electron chi connectivity index (χ4n) is 1.44. The van der Waals surface area contributed by atoms with Crippen LogP contribution in [0.3, 0.4) is 0 Å². The molecule has 0 saturated carbocycles. The third-order valence-corrected chi connectivity index (χ3v) is 5.54. The first kappa shape index (κ1) is 15.9. The van der Waals surface area contributed by atoms with Crippen molar-refractivity contribution in [1.82, 2.24) is 0 Å². The van der Waals surface area contributed by atoms with Crippen LogP contribution in [0.25, 0.3) is 0 Å². The lowest BCUT2D eigenvalue weighted by molar-refractivity contribution is -0.137. The van der Waals surface area contributed by atoms with Crippen LogP contribution in [0.2, 0.25) is 5.02 Å². The molecule has 0 amide bonds. The van der Waals surface area contributed by atoms with Gasteiger partial charge in [-0.1, -0.05) is 11.6 Å². The molecule has 21 heavy (non-hydrogen) atoms. The number of hydrogen-bond donors (Lipinski definition) is 2. The second-order valence-electron chi connectivity index (χ2n) is 4.00.